The van der Waals surface area contributed by atoms with Gasteiger partial charge in [0.2, 0.25) is 0 Å². The van der Waals surface area contributed by atoms with Crippen molar-refractivity contribution in [1.29, 1.82) is 0 Å². The number of aryl methyl sites for hydroxylation is 1. The molecule has 0 aliphatic heterocycles. The fraction of sp³-hybridized carbons (Fsp3) is 0.0833. The van der Waals surface area contributed by atoms with E-state index in [2.05, 4.69) is 6.92 Å². The van der Waals surface area contributed by atoms with Gasteiger partial charge in [0.1, 0.15) is 11.5 Å². The Morgan fingerprint density at radius 2 is 1.85 bits per heavy atom. The normalized spacial score (nSPS) is 10.3. The number of furan rings is 1. The molecular weight excluding hydrogens is 160 g/mol. The Hall–Kier alpha value is -1.50. The number of hydrogen-bond acceptors (Lipinski definition) is 1. The van der Waals surface area contributed by atoms with Crippen LogP contribution in [0.2, 0.25) is 0 Å². The second-order valence-electron chi connectivity index (χ2n) is 3.08. The van der Waals surface area contributed by atoms with E-state index in [9.17, 15) is 0 Å². The summed E-state index contributed by atoms with van der Waals surface area (Å²) >= 11 is 0. The summed E-state index contributed by atoms with van der Waals surface area (Å²) in [5.74, 6) is 1.78. The zero-order valence-corrected chi connectivity index (χ0v) is 7.58. The van der Waals surface area contributed by atoms with Crippen LogP contribution in [0.1, 0.15) is 11.3 Å². The van der Waals surface area contributed by atoms with Crippen molar-refractivity contribution < 1.29 is 4.42 Å². The van der Waals surface area contributed by atoms with Gasteiger partial charge in [0, 0.05) is 5.56 Å². The molecule has 1 heteroatoms. The van der Waals surface area contributed by atoms with Crippen LogP contribution in [0.3, 0.4) is 0 Å². The second kappa shape index (κ2) is 3.09. The molecule has 2 aromatic rings. The Balaban J connectivity index is 2.53. The molecule has 1 heterocycles. The molecule has 0 saturated heterocycles. The third-order valence-corrected chi connectivity index (χ3v) is 1.97. The summed E-state index contributed by atoms with van der Waals surface area (Å²) in [7, 11) is 0. The van der Waals surface area contributed by atoms with Gasteiger partial charge in [-0.2, -0.15) is 0 Å². The monoisotopic (exact) mass is 171 g/mol. The molecule has 0 saturated carbocycles. The molecule has 65 valence electrons. The molecule has 0 unspecified atom stereocenters. The van der Waals surface area contributed by atoms with E-state index in [1.165, 1.54) is 0 Å². The average molecular weight is 171 g/mol. The van der Waals surface area contributed by atoms with Gasteiger partial charge in [0.05, 0.1) is 0 Å². The maximum absolute atomic E-state index is 5.54. The molecule has 0 atom stereocenters. The highest BCUT2D eigenvalue weighted by Gasteiger charge is 2.06. The Labute approximate surface area is 78.0 Å². The molecule has 0 aliphatic rings. The largest absolute Gasteiger partial charge is 0.461 e. The molecular formula is C12H11O. The van der Waals surface area contributed by atoms with E-state index in [0.29, 0.717) is 0 Å². The summed E-state index contributed by atoms with van der Waals surface area (Å²) in [6, 6.07) is 12.0. The lowest BCUT2D eigenvalue weighted by Gasteiger charge is -1.96. The molecule has 0 spiro atoms. The van der Waals surface area contributed by atoms with Crippen LogP contribution in [0.25, 0.3) is 11.3 Å². The zero-order valence-electron chi connectivity index (χ0n) is 7.58. The van der Waals surface area contributed by atoms with Crippen molar-refractivity contribution in [3.63, 3.8) is 0 Å². The first kappa shape index (κ1) is 8.11. The van der Waals surface area contributed by atoms with Gasteiger partial charge in [-0.3, -0.25) is 0 Å². The molecule has 0 bridgehead atoms. The van der Waals surface area contributed by atoms with E-state index < -0.39 is 0 Å². The van der Waals surface area contributed by atoms with Crippen LogP contribution in [0.4, 0.5) is 0 Å². The van der Waals surface area contributed by atoms with E-state index in [-0.39, 0.29) is 0 Å². The summed E-state index contributed by atoms with van der Waals surface area (Å²) in [5, 5.41) is 0. The number of rotatable bonds is 1. The summed E-state index contributed by atoms with van der Waals surface area (Å²) in [6.45, 7) is 5.86. The first-order valence-electron chi connectivity index (χ1n) is 4.25. The van der Waals surface area contributed by atoms with E-state index in [1.807, 2.05) is 43.3 Å². The third kappa shape index (κ3) is 1.50. The van der Waals surface area contributed by atoms with Crippen molar-refractivity contribution in [2.75, 3.05) is 0 Å². The Bertz CT molecular complexity index is 398. The summed E-state index contributed by atoms with van der Waals surface area (Å²) < 4.78 is 5.54. The molecule has 1 aromatic heterocycles. The van der Waals surface area contributed by atoms with E-state index in [0.717, 1.165) is 22.6 Å². The Morgan fingerprint density at radius 1 is 1.15 bits per heavy atom. The van der Waals surface area contributed by atoms with Crippen molar-refractivity contribution in [3.8, 4) is 11.3 Å². The van der Waals surface area contributed by atoms with Crippen LogP contribution >= 0.6 is 0 Å². The van der Waals surface area contributed by atoms with Gasteiger partial charge in [0.25, 0.3) is 0 Å². The van der Waals surface area contributed by atoms with Gasteiger partial charge < -0.3 is 4.42 Å². The molecule has 0 amide bonds. The van der Waals surface area contributed by atoms with Gasteiger partial charge >= 0.3 is 0 Å². The summed E-state index contributed by atoms with van der Waals surface area (Å²) in [5.41, 5.74) is 2.03. The van der Waals surface area contributed by atoms with Crippen molar-refractivity contribution in [1.82, 2.24) is 0 Å². The van der Waals surface area contributed by atoms with Gasteiger partial charge in [-0.25, -0.2) is 0 Å². The van der Waals surface area contributed by atoms with Crippen molar-refractivity contribution >= 4 is 0 Å². The van der Waals surface area contributed by atoms with Gasteiger partial charge in [0.15, 0.2) is 0 Å². The Morgan fingerprint density at radius 3 is 2.38 bits per heavy atom. The average Bonchev–Trinajstić information content (AvgIpc) is 2.47. The molecule has 0 fully saturated rings. The molecule has 1 nitrogen and oxygen atoms in total. The third-order valence-electron chi connectivity index (χ3n) is 1.97. The number of benzene rings is 1. The van der Waals surface area contributed by atoms with Gasteiger partial charge in [-0.15, -0.1) is 0 Å². The van der Waals surface area contributed by atoms with Crippen LogP contribution in [0.15, 0.2) is 40.8 Å². The van der Waals surface area contributed by atoms with Crippen LogP contribution < -0.4 is 0 Å². The molecule has 0 aliphatic carbocycles. The van der Waals surface area contributed by atoms with Crippen LogP contribution in [0.5, 0.6) is 0 Å². The van der Waals surface area contributed by atoms with E-state index in [1.54, 1.807) is 0 Å². The highest BCUT2D eigenvalue weighted by molar-refractivity contribution is 5.62. The van der Waals surface area contributed by atoms with Crippen molar-refractivity contribution in [2.24, 2.45) is 0 Å². The fourth-order valence-electron chi connectivity index (χ4n) is 1.40. The predicted molar refractivity (Wildman–Crippen MR) is 53.3 cm³/mol. The first-order chi connectivity index (χ1) is 6.27. The van der Waals surface area contributed by atoms with Crippen LogP contribution in [0, 0.1) is 13.8 Å². The van der Waals surface area contributed by atoms with Crippen LogP contribution in [-0.4, -0.2) is 0 Å². The molecule has 1 aromatic carbocycles. The van der Waals surface area contributed by atoms with Gasteiger partial charge in [-0.1, -0.05) is 30.3 Å². The lowest BCUT2D eigenvalue weighted by molar-refractivity contribution is 0.548. The van der Waals surface area contributed by atoms with E-state index >= 15 is 0 Å². The molecule has 2 rings (SSSR count). The smallest absolute Gasteiger partial charge is 0.137 e. The van der Waals surface area contributed by atoms with Gasteiger partial charge in [-0.05, 0) is 25.5 Å². The van der Waals surface area contributed by atoms with Crippen LogP contribution in [-0.2, 0) is 0 Å². The minimum Gasteiger partial charge on any atom is -0.461 e. The van der Waals surface area contributed by atoms with Crippen molar-refractivity contribution in [3.05, 3.63) is 54.6 Å². The fourth-order valence-corrected chi connectivity index (χ4v) is 1.40. The summed E-state index contributed by atoms with van der Waals surface area (Å²) in [6.07, 6.45) is 0. The zero-order chi connectivity index (χ0) is 9.26. The first-order valence-corrected chi connectivity index (χ1v) is 4.25. The lowest BCUT2D eigenvalue weighted by Crippen LogP contribution is -1.74. The highest BCUT2D eigenvalue weighted by atomic mass is 16.3. The maximum Gasteiger partial charge on any atom is 0.137 e. The predicted octanol–water partition coefficient (Wildman–Crippen LogP) is 3.44. The summed E-state index contributed by atoms with van der Waals surface area (Å²) in [4.78, 5) is 0. The molecule has 1 radical (unpaired) electrons. The Kier molecular flexibility index (Phi) is 1.93. The quantitative estimate of drug-likeness (QED) is 0.640. The lowest BCUT2D eigenvalue weighted by atomic mass is 10.1. The highest BCUT2D eigenvalue weighted by Crippen LogP contribution is 2.25. The maximum atomic E-state index is 5.54. The number of hydrogen-bond donors (Lipinski definition) is 0. The molecule has 0 N–H and O–H groups in total. The SMILES string of the molecule is [CH2]c1cc(C)oc1-c1ccccc1. The molecule has 13 heavy (non-hydrogen) atoms. The van der Waals surface area contributed by atoms with Crippen molar-refractivity contribution in [2.45, 2.75) is 6.92 Å². The topological polar surface area (TPSA) is 13.1 Å². The standard InChI is InChI=1S/C12H11O/c1-9-8-10(2)13-12(9)11-6-4-3-5-7-11/h3-8H,1H2,2H3. The van der Waals surface area contributed by atoms with E-state index in [4.69, 9.17) is 4.42 Å². The second-order valence-corrected chi connectivity index (χ2v) is 3.08. The minimum absolute atomic E-state index is 0.873. The minimum atomic E-state index is 0.873.